The predicted octanol–water partition coefficient (Wildman–Crippen LogP) is 2.06. The van der Waals surface area contributed by atoms with E-state index >= 15 is 0 Å². The van der Waals surface area contributed by atoms with Crippen molar-refractivity contribution >= 4 is 5.97 Å². The molecule has 58 valence electrons. The van der Waals surface area contributed by atoms with Gasteiger partial charge in [0.1, 0.15) is 0 Å². The maximum atomic E-state index is 10.2. The van der Waals surface area contributed by atoms with Gasteiger partial charge in [-0.3, -0.25) is 0 Å². The van der Waals surface area contributed by atoms with E-state index in [-0.39, 0.29) is 0 Å². The first kappa shape index (κ1) is 9.21. The number of rotatable bonds is 3. The average Bonchev–Trinajstić information content (AvgIpc) is 1.82. The molecule has 0 bridgehead atoms. The van der Waals surface area contributed by atoms with E-state index < -0.39 is 5.97 Å². The van der Waals surface area contributed by atoms with E-state index in [9.17, 15) is 4.79 Å². The fraction of sp³-hybridized carbons (Fsp3) is 0.625. The first-order valence-electron chi connectivity index (χ1n) is 3.44. The molecule has 0 spiro atoms. The van der Waals surface area contributed by atoms with Gasteiger partial charge in [0.25, 0.3) is 0 Å². The van der Waals surface area contributed by atoms with Crippen LogP contribution in [0.3, 0.4) is 0 Å². The van der Waals surface area contributed by atoms with Crippen molar-refractivity contribution in [1.29, 1.82) is 0 Å². The van der Waals surface area contributed by atoms with Gasteiger partial charge in [0.05, 0.1) is 0 Å². The van der Waals surface area contributed by atoms with Crippen LogP contribution in [0.1, 0.15) is 27.2 Å². The Balaban J connectivity index is 3.81. The number of aliphatic carboxylic acids is 1. The second kappa shape index (κ2) is 4.09. The molecule has 0 rings (SSSR count). The second-order valence-electron chi connectivity index (χ2n) is 2.82. The van der Waals surface area contributed by atoms with Crippen molar-refractivity contribution in [3.05, 3.63) is 11.6 Å². The second-order valence-corrected chi connectivity index (χ2v) is 2.82. The summed E-state index contributed by atoms with van der Waals surface area (Å²) in [5.74, 6) is -0.282. The molecular weight excluding hydrogens is 128 g/mol. The maximum Gasteiger partial charge on any atom is 0.330 e. The molecule has 1 N–H and O–H groups in total. The minimum absolute atomic E-state index is 0.439. The van der Waals surface area contributed by atoms with Crippen LogP contribution in [-0.2, 0) is 4.79 Å². The summed E-state index contributed by atoms with van der Waals surface area (Å²) in [6.45, 7) is 5.74. The molecule has 0 aromatic carbocycles. The molecule has 0 radical (unpaired) electrons. The molecule has 0 aromatic heterocycles. The van der Waals surface area contributed by atoms with Crippen molar-refractivity contribution in [1.82, 2.24) is 0 Å². The Hall–Kier alpha value is -0.790. The molecule has 0 unspecified atom stereocenters. The smallest absolute Gasteiger partial charge is 0.330 e. The fourth-order valence-corrected chi connectivity index (χ4v) is 0.500. The van der Waals surface area contributed by atoms with Crippen LogP contribution in [0, 0.1) is 5.92 Å². The summed E-state index contributed by atoms with van der Waals surface area (Å²) in [7, 11) is 0. The monoisotopic (exact) mass is 142 g/mol. The summed E-state index contributed by atoms with van der Waals surface area (Å²) < 4.78 is 0. The summed E-state index contributed by atoms with van der Waals surface area (Å²) in [5.41, 5.74) is 0.439. The lowest BCUT2D eigenvalue weighted by Gasteiger charge is -1.97. The van der Waals surface area contributed by atoms with Gasteiger partial charge in [-0.2, -0.15) is 0 Å². The molecule has 0 aliphatic heterocycles. The van der Waals surface area contributed by atoms with E-state index in [0.29, 0.717) is 11.5 Å². The van der Waals surface area contributed by atoms with Crippen LogP contribution < -0.4 is 0 Å². The Morgan fingerprint density at radius 3 is 2.40 bits per heavy atom. The van der Waals surface area contributed by atoms with Crippen LogP contribution in [0.25, 0.3) is 0 Å². The van der Waals surface area contributed by atoms with Crippen LogP contribution in [0.5, 0.6) is 0 Å². The summed E-state index contributed by atoms with van der Waals surface area (Å²) >= 11 is 0. The van der Waals surface area contributed by atoms with E-state index in [4.69, 9.17) is 5.11 Å². The van der Waals surface area contributed by atoms with Gasteiger partial charge in [0.15, 0.2) is 0 Å². The molecule has 0 heterocycles. The first-order valence-corrected chi connectivity index (χ1v) is 3.44. The van der Waals surface area contributed by atoms with Gasteiger partial charge >= 0.3 is 5.97 Å². The quantitative estimate of drug-likeness (QED) is 0.612. The Morgan fingerprint density at radius 2 is 2.10 bits per heavy atom. The molecule has 0 saturated carbocycles. The van der Waals surface area contributed by atoms with Crippen molar-refractivity contribution in [2.45, 2.75) is 27.2 Å². The maximum absolute atomic E-state index is 10.2. The highest BCUT2D eigenvalue weighted by molar-refractivity contribution is 5.85. The van der Waals surface area contributed by atoms with E-state index in [0.717, 1.165) is 6.42 Å². The van der Waals surface area contributed by atoms with Gasteiger partial charge in [-0.1, -0.05) is 19.9 Å². The molecule has 0 saturated heterocycles. The molecule has 0 aliphatic carbocycles. The van der Waals surface area contributed by atoms with Gasteiger partial charge < -0.3 is 5.11 Å². The van der Waals surface area contributed by atoms with E-state index in [1.54, 1.807) is 13.0 Å². The molecule has 2 heteroatoms. The Morgan fingerprint density at radius 1 is 1.60 bits per heavy atom. The molecule has 0 amide bonds. The molecule has 2 nitrogen and oxygen atoms in total. The minimum atomic E-state index is -0.819. The van der Waals surface area contributed by atoms with Crippen molar-refractivity contribution in [2.24, 2.45) is 5.92 Å². The third-order valence-electron chi connectivity index (χ3n) is 1.23. The number of carbonyl (C=O) groups is 1. The van der Waals surface area contributed by atoms with Crippen molar-refractivity contribution in [3.63, 3.8) is 0 Å². The summed E-state index contributed by atoms with van der Waals surface area (Å²) in [4.78, 5) is 10.2. The van der Waals surface area contributed by atoms with Gasteiger partial charge in [-0.15, -0.1) is 0 Å². The molecule has 0 aliphatic rings. The standard InChI is InChI=1S/C8H14O2/c1-6(2)4-5-7(3)8(9)10/h5-6H,4H2,1-3H3,(H,9,10). The Bertz CT molecular complexity index is 145. The first-order chi connectivity index (χ1) is 4.54. The number of allylic oxidation sites excluding steroid dienone is 1. The van der Waals surface area contributed by atoms with Crippen LogP contribution in [0.15, 0.2) is 11.6 Å². The summed E-state index contributed by atoms with van der Waals surface area (Å²) in [5, 5.41) is 8.43. The lowest BCUT2D eigenvalue weighted by molar-refractivity contribution is -0.132. The normalized spacial score (nSPS) is 12.2. The van der Waals surface area contributed by atoms with E-state index in [1.807, 2.05) is 0 Å². The highest BCUT2D eigenvalue weighted by Crippen LogP contribution is 2.03. The zero-order chi connectivity index (χ0) is 8.15. The third kappa shape index (κ3) is 4.13. The van der Waals surface area contributed by atoms with E-state index in [1.165, 1.54) is 0 Å². The highest BCUT2D eigenvalue weighted by atomic mass is 16.4. The SMILES string of the molecule is CC(=CCC(C)C)C(=O)O. The number of hydrogen-bond acceptors (Lipinski definition) is 1. The number of hydrogen-bond donors (Lipinski definition) is 1. The number of carboxylic acids is 1. The zero-order valence-electron chi connectivity index (χ0n) is 6.72. The average molecular weight is 142 g/mol. The molecule has 0 atom stereocenters. The van der Waals surface area contributed by atoms with E-state index in [2.05, 4.69) is 13.8 Å². The lowest BCUT2D eigenvalue weighted by Crippen LogP contribution is -1.96. The Kier molecular flexibility index (Phi) is 3.77. The largest absolute Gasteiger partial charge is 0.478 e. The molecule has 0 aromatic rings. The van der Waals surface area contributed by atoms with Gasteiger partial charge in [-0.25, -0.2) is 4.79 Å². The molecule has 0 fully saturated rings. The Labute approximate surface area is 61.6 Å². The molecule has 10 heavy (non-hydrogen) atoms. The fourth-order valence-electron chi connectivity index (χ4n) is 0.500. The van der Waals surface area contributed by atoms with Crippen LogP contribution in [0.2, 0.25) is 0 Å². The minimum Gasteiger partial charge on any atom is -0.478 e. The molecular formula is C8H14O2. The van der Waals surface area contributed by atoms with Crippen LogP contribution in [-0.4, -0.2) is 11.1 Å². The van der Waals surface area contributed by atoms with Crippen molar-refractivity contribution in [2.75, 3.05) is 0 Å². The van der Waals surface area contributed by atoms with Crippen molar-refractivity contribution in [3.8, 4) is 0 Å². The third-order valence-corrected chi connectivity index (χ3v) is 1.23. The topological polar surface area (TPSA) is 37.3 Å². The summed E-state index contributed by atoms with van der Waals surface area (Å²) in [6.07, 6.45) is 2.60. The lowest BCUT2D eigenvalue weighted by atomic mass is 10.1. The van der Waals surface area contributed by atoms with Crippen LogP contribution >= 0.6 is 0 Å². The number of carboxylic acid groups (broad SMARTS) is 1. The highest BCUT2D eigenvalue weighted by Gasteiger charge is 1.98. The summed E-state index contributed by atoms with van der Waals surface area (Å²) in [6, 6.07) is 0. The van der Waals surface area contributed by atoms with Gasteiger partial charge in [0, 0.05) is 5.57 Å². The van der Waals surface area contributed by atoms with Crippen LogP contribution in [0.4, 0.5) is 0 Å². The van der Waals surface area contributed by atoms with Gasteiger partial charge in [-0.05, 0) is 19.3 Å². The predicted molar refractivity (Wildman–Crippen MR) is 40.8 cm³/mol. The van der Waals surface area contributed by atoms with Crippen molar-refractivity contribution < 1.29 is 9.90 Å². The zero-order valence-corrected chi connectivity index (χ0v) is 6.72. The van der Waals surface area contributed by atoms with Gasteiger partial charge in [0.2, 0.25) is 0 Å².